The predicted molar refractivity (Wildman–Crippen MR) is 110 cm³/mol. The van der Waals surface area contributed by atoms with E-state index in [1.54, 1.807) is 12.1 Å². The van der Waals surface area contributed by atoms with Crippen LogP contribution in [0.1, 0.15) is 60.8 Å². The van der Waals surface area contributed by atoms with E-state index >= 15 is 0 Å². The second-order valence-corrected chi connectivity index (χ2v) is 9.69. The largest absolute Gasteiger partial charge is 0.458 e. The molecule has 0 aliphatic carbocycles. The minimum absolute atomic E-state index is 0.0674. The van der Waals surface area contributed by atoms with Crippen molar-refractivity contribution in [2.45, 2.75) is 72.4 Å². The zero-order valence-corrected chi connectivity index (χ0v) is 18.2. The van der Waals surface area contributed by atoms with Gasteiger partial charge in [-0.15, -0.1) is 0 Å². The quantitative estimate of drug-likeness (QED) is 0.476. The molecule has 0 amide bonds. The number of halogens is 1. The molecule has 1 aromatic carbocycles. The molecule has 6 heteroatoms. The molecule has 0 bridgehead atoms. The first-order valence-electron chi connectivity index (χ1n) is 8.83. The van der Waals surface area contributed by atoms with Gasteiger partial charge in [-0.1, -0.05) is 36.7 Å². The average molecular weight is 427 g/mol. The number of anilines is 2. The van der Waals surface area contributed by atoms with Crippen molar-refractivity contribution in [3.63, 3.8) is 0 Å². The molecule has 0 spiro atoms. The van der Waals surface area contributed by atoms with Gasteiger partial charge in [-0.3, -0.25) is 4.79 Å². The summed E-state index contributed by atoms with van der Waals surface area (Å²) in [5.74, 6) is -0.250. The minimum Gasteiger partial charge on any atom is -0.458 e. The Balaban J connectivity index is 2.88. The van der Waals surface area contributed by atoms with E-state index in [1.807, 2.05) is 47.6 Å². The van der Waals surface area contributed by atoms with E-state index in [-0.39, 0.29) is 17.2 Å². The summed E-state index contributed by atoms with van der Waals surface area (Å²) in [7, 11) is 0. The van der Waals surface area contributed by atoms with Crippen molar-refractivity contribution in [3.05, 3.63) is 22.7 Å². The van der Waals surface area contributed by atoms with Crippen LogP contribution in [0.5, 0.6) is 0 Å². The molecule has 1 rings (SSSR count). The molecule has 0 aliphatic rings. The maximum Gasteiger partial charge on any atom is 0.329 e. The van der Waals surface area contributed by atoms with Crippen LogP contribution < -0.4 is 11.1 Å². The highest BCUT2D eigenvalue weighted by atomic mass is 79.9. The topological polar surface area (TPSA) is 81.4 Å². The monoisotopic (exact) mass is 426 g/mol. The molecule has 0 fully saturated rings. The predicted octanol–water partition coefficient (Wildman–Crippen LogP) is 4.94. The number of ether oxygens (including phenoxy) is 1. The average Bonchev–Trinajstić information content (AvgIpc) is 2.41. The standard InChI is InChI=1S/C20H31BrN2O3/c1-19(2,3)12-14(24)8-10-17(18(25)26-20(4,5)6)23-16-9-7-13(21)11-15(16)22/h7,9,11,17,23H,8,10,12,22H2,1-6H3. The number of ketones is 1. The van der Waals surface area contributed by atoms with Crippen molar-refractivity contribution in [3.8, 4) is 0 Å². The minimum atomic E-state index is -0.637. The lowest BCUT2D eigenvalue weighted by Gasteiger charge is -2.26. The first-order valence-corrected chi connectivity index (χ1v) is 9.62. The fourth-order valence-electron chi connectivity index (χ4n) is 2.46. The molecule has 0 saturated heterocycles. The van der Waals surface area contributed by atoms with Crippen LogP contribution in [0, 0.1) is 5.41 Å². The summed E-state index contributed by atoms with van der Waals surface area (Å²) in [6.45, 7) is 11.5. The zero-order chi connectivity index (χ0) is 20.1. The summed E-state index contributed by atoms with van der Waals surface area (Å²) in [5.41, 5.74) is 6.53. The molecule has 0 saturated carbocycles. The Hall–Kier alpha value is -1.56. The van der Waals surface area contributed by atoms with Crippen molar-refractivity contribution < 1.29 is 14.3 Å². The maximum absolute atomic E-state index is 12.6. The van der Waals surface area contributed by atoms with E-state index in [0.29, 0.717) is 30.6 Å². The van der Waals surface area contributed by atoms with Crippen LogP contribution in [0.25, 0.3) is 0 Å². The van der Waals surface area contributed by atoms with Gasteiger partial charge in [-0.2, -0.15) is 0 Å². The van der Waals surface area contributed by atoms with Crippen LogP contribution in [0.2, 0.25) is 0 Å². The molecule has 0 aromatic heterocycles. The molecule has 1 unspecified atom stereocenters. The third kappa shape index (κ3) is 8.70. The number of Topliss-reactive ketones (excluding diaryl/α,β-unsaturated/α-hetero) is 1. The molecule has 1 atom stereocenters. The molecule has 3 N–H and O–H groups in total. The maximum atomic E-state index is 12.6. The number of nitrogen functional groups attached to an aromatic ring is 1. The first-order chi connectivity index (χ1) is 11.8. The Morgan fingerprint density at radius 2 is 1.81 bits per heavy atom. The van der Waals surface area contributed by atoms with Crippen molar-refractivity contribution in [1.29, 1.82) is 0 Å². The Kier molecular flexibility index (Phi) is 7.69. The first kappa shape index (κ1) is 22.5. The van der Waals surface area contributed by atoms with Gasteiger partial charge >= 0.3 is 5.97 Å². The molecular formula is C20H31BrN2O3. The van der Waals surface area contributed by atoms with Gasteiger partial charge in [0.1, 0.15) is 17.4 Å². The van der Waals surface area contributed by atoms with Crippen LogP contribution in [0.3, 0.4) is 0 Å². The molecule has 0 heterocycles. The highest BCUT2D eigenvalue weighted by Crippen LogP contribution is 2.26. The molecule has 26 heavy (non-hydrogen) atoms. The number of hydrogen-bond donors (Lipinski definition) is 2. The number of benzene rings is 1. The fraction of sp³-hybridized carbons (Fsp3) is 0.600. The van der Waals surface area contributed by atoms with E-state index in [1.165, 1.54) is 0 Å². The summed E-state index contributed by atoms with van der Waals surface area (Å²) in [6.07, 6.45) is 1.15. The van der Waals surface area contributed by atoms with E-state index in [2.05, 4.69) is 21.2 Å². The normalized spacial score (nSPS) is 13.2. The summed E-state index contributed by atoms with van der Waals surface area (Å²) in [5, 5.41) is 3.14. The third-order valence-corrected chi connectivity index (χ3v) is 3.97. The van der Waals surface area contributed by atoms with Gasteiger partial charge in [0, 0.05) is 17.3 Å². The number of rotatable bonds is 7. The Bertz CT molecular complexity index is 645. The van der Waals surface area contributed by atoms with Crippen molar-refractivity contribution >= 4 is 39.1 Å². The van der Waals surface area contributed by atoms with E-state index in [0.717, 1.165) is 4.47 Å². The lowest BCUT2D eigenvalue weighted by molar-refractivity contribution is -0.155. The number of hydrogen-bond acceptors (Lipinski definition) is 5. The van der Waals surface area contributed by atoms with Gasteiger partial charge in [0.25, 0.3) is 0 Å². The summed E-state index contributed by atoms with van der Waals surface area (Å²) in [4.78, 5) is 24.8. The molecule has 0 aliphatic heterocycles. The highest BCUT2D eigenvalue weighted by Gasteiger charge is 2.27. The summed E-state index contributed by atoms with van der Waals surface area (Å²) in [6, 6.07) is 4.77. The molecule has 146 valence electrons. The molecule has 1 aromatic rings. The number of carbonyl (C=O) groups is 2. The second kappa shape index (κ2) is 8.89. The van der Waals surface area contributed by atoms with Crippen LogP contribution in [0.4, 0.5) is 11.4 Å². The number of carbonyl (C=O) groups excluding carboxylic acids is 2. The van der Waals surface area contributed by atoms with E-state index in [4.69, 9.17) is 10.5 Å². The van der Waals surface area contributed by atoms with E-state index < -0.39 is 11.6 Å². The summed E-state index contributed by atoms with van der Waals surface area (Å²) >= 11 is 3.36. The lowest BCUT2D eigenvalue weighted by Crippen LogP contribution is -2.37. The van der Waals surface area contributed by atoms with Crippen molar-refractivity contribution in [1.82, 2.24) is 0 Å². The van der Waals surface area contributed by atoms with Crippen LogP contribution in [-0.4, -0.2) is 23.4 Å². The van der Waals surface area contributed by atoms with Gasteiger partial charge in [-0.25, -0.2) is 4.79 Å². The second-order valence-electron chi connectivity index (χ2n) is 8.78. The highest BCUT2D eigenvalue weighted by molar-refractivity contribution is 9.10. The van der Waals surface area contributed by atoms with Gasteiger partial charge in [0.05, 0.1) is 11.4 Å². The number of nitrogens with two attached hydrogens (primary N) is 1. The molecule has 5 nitrogen and oxygen atoms in total. The fourth-order valence-corrected chi connectivity index (χ4v) is 2.84. The number of nitrogens with one attached hydrogen (secondary N) is 1. The van der Waals surface area contributed by atoms with Gasteiger partial charge in [0.2, 0.25) is 0 Å². The van der Waals surface area contributed by atoms with Gasteiger partial charge in [0.15, 0.2) is 0 Å². The number of esters is 1. The Labute approximate surface area is 165 Å². The summed E-state index contributed by atoms with van der Waals surface area (Å²) < 4.78 is 6.36. The Morgan fingerprint density at radius 3 is 2.31 bits per heavy atom. The molecular weight excluding hydrogens is 396 g/mol. The Morgan fingerprint density at radius 1 is 1.19 bits per heavy atom. The third-order valence-electron chi connectivity index (χ3n) is 3.47. The van der Waals surface area contributed by atoms with E-state index in [9.17, 15) is 9.59 Å². The lowest BCUT2D eigenvalue weighted by atomic mass is 9.88. The smallest absolute Gasteiger partial charge is 0.329 e. The van der Waals surface area contributed by atoms with Crippen LogP contribution >= 0.6 is 15.9 Å². The van der Waals surface area contributed by atoms with Crippen LogP contribution in [0.15, 0.2) is 22.7 Å². The molecule has 0 radical (unpaired) electrons. The SMILES string of the molecule is CC(C)(C)CC(=O)CCC(Nc1ccc(Br)cc1N)C(=O)OC(C)(C)C. The van der Waals surface area contributed by atoms with Crippen molar-refractivity contribution in [2.24, 2.45) is 5.41 Å². The zero-order valence-electron chi connectivity index (χ0n) is 16.6. The van der Waals surface area contributed by atoms with Crippen molar-refractivity contribution in [2.75, 3.05) is 11.1 Å². The van der Waals surface area contributed by atoms with Crippen LogP contribution in [-0.2, 0) is 14.3 Å². The van der Waals surface area contributed by atoms with Gasteiger partial charge < -0.3 is 15.8 Å². The van der Waals surface area contributed by atoms with Gasteiger partial charge in [-0.05, 0) is 50.8 Å².